The molecule has 6 aliphatic rings. The van der Waals surface area contributed by atoms with Crippen molar-refractivity contribution in [1.29, 1.82) is 0 Å². The summed E-state index contributed by atoms with van der Waals surface area (Å²) in [4.78, 5) is 39.3. The molecule has 2 fully saturated rings. The Hall–Kier alpha value is -2.87. The van der Waals surface area contributed by atoms with E-state index in [1.54, 1.807) is 20.8 Å². The van der Waals surface area contributed by atoms with Crippen LogP contribution in [0.1, 0.15) is 84.4 Å². The number of carbonyl (C=O) groups excluding carboxylic acids is 2. The van der Waals surface area contributed by atoms with Crippen LogP contribution in [0.3, 0.4) is 0 Å². The summed E-state index contributed by atoms with van der Waals surface area (Å²) >= 11 is 0. The average Bonchev–Trinajstić information content (AvgIpc) is 2.87. The van der Waals surface area contributed by atoms with E-state index >= 15 is 0 Å². The summed E-state index contributed by atoms with van der Waals surface area (Å²) in [7, 11) is 0. The Kier molecular flexibility index (Phi) is 6.37. The van der Waals surface area contributed by atoms with Gasteiger partial charge in [-0.3, -0.25) is 14.4 Å². The molecular weight excluding hydrogens is 528 g/mol. The van der Waals surface area contributed by atoms with Crippen LogP contribution in [0.5, 0.6) is 11.5 Å². The third kappa shape index (κ3) is 3.77. The fourth-order valence-electron chi connectivity index (χ4n) is 7.00. The number of phenols is 2. The molecule has 0 amide bonds. The molecule has 4 aliphatic heterocycles. The minimum absolute atomic E-state index is 0.0358. The maximum absolute atomic E-state index is 14.1. The predicted octanol–water partition coefficient (Wildman–Crippen LogP) is 1.44. The number of fused-ring (bicyclic) bond motifs is 4. The van der Waals surface area contributed by atoms with Crippen molar-refractivity contribution in [1.82, 2.24) is 0 Å². The number of ether oxygens (including phenoxy) is 4. The molecule has 4 unspecified atom stereocenters. The molecule has 0 aromatic heterocycles. The van der Waals surface area contributed by atoms with Crippen LogP contribution in [0.15, 0.2) is 11.1 Å². The lowest BCUT2D eigenvalue weighted by atomic mass is 9.63. The van der Waals surface area contributed by atoms with Gasteiger partial charge in [-0.25, -0.2) is 0 Å². The first-order chi connectivity index (χ1) is 18.8. The minimum Gasteiger partial charge on any atom is -0.507 e. The molecule has 216 valence electrons. The molecule has 2 bridgehead atoms. The van der Waals surface area contributed by atoms with E-state index in [4.69, 9.17) is 18.9 Å². The number of ketones is 2. The predicted molar refractivity (Wildman–Crippen MR) is 133 cm³/mol. The molecule has 4 heterocycles. The number of benzene rings is 1. The zero-order valence-electron chi connectivity index (χ0n) is 22.2. The number of carboxylic acid groups (broad SMARTS) is 1. The average molecular weight is 561 g/mol. The van der Waals surface area contributed by atoms with Gasteiger partial charge in [0.15, 0.2) is 17.9 Å². The van der Waals surface area contributed by atoms with Crippen molar-refractivity contribution >= 4 is 17.5 Å². The van der Waals surface area contributed by atoms with Gasteiger partial charge in [0, 0.05) is 41.5 Å². The highest BCUT2D eigenvalue weighted by molar-refractivity contribution is 6.30. The van der Waals surface area contributed by atoms with Gasteiger partial charge in [-0.05, 0) is 27.2 Å². The van der Waals surface area contributed by atoms with Crippen LogP contribution < -0.4 is 0 Å². The molecular formula is C28H32O12. The van der Waals surface area contributed by atoms with Crippen LogP contribution in [0.25, 0.3) is 0 Å². The summed E-state index contributed by atoms with van der Waals surface area (Å²) in [6, 6.07) is 0. The molecule has 1 aromatic rings. The third-order valence-electron chi connectivity index (χ3n) is 8.97. The molecule has 0 saturated carbocycles. The highest BCUT2D eigenvalue weighted by Gasteiger charge is 2.63. The lowest BCUT2D eigenvalue weighted by Gasteiger charge is -2.54. The molecule has 12 heteroatoms. The molecule has 9 atom stereocenters. The molecule has 7 rings (SSSR count). The maximum atomic E-state index is 14.1. The largest absolute Gasteiger partial charge is 0.507 e. The summed E-state index contributed by atoms with van der Waals surface area (Å²) in [5.74, 6) is -3.76. The highest BCUT2D eigenvalue weighted by Crippen LogP contribution is 2.55. The first-order valence-electron chi connectivity index (χ1n) is 13.5. The number of carboxylic acids is 1. The zero-order valence-corrected chi connectivity index (χ0v) is 22.2. The molecule has 40 heavy (non-hydrogen) atoms. The fourth-order valence-corrected chi connectivity index (χ4v) is 7.00. The van der Waals surface area contributed by atoms with Crippen molar-refractivity contribution in [3.05, 3.63) is 33.4 Å². The molecule has 0 radical (unpaired) electrons. The normalized spacial score (nSPS) is 38.6. The number of aliphatic hydroxyl groups is 2. The van der Waals surface area contributed by atoms with E-state index in [0.717, 1.165) is 0 Å². The Balaban J connectivity index is 1.43. The van der Waals surface area contributed by atoms with Gasteiger partial charge in [0.05, 0.1) is 60.3 Å². The van der Waals surface area contributed by atoms with Crippen molar-refractivity contribution in [2.75, 3.05) is 0 Å². The number of hydrogen-bond acceptors (Lipinski definition) is 11. The molecule has 2 saturated heterocycles. The molecule has 0 spiro atoms. The lowest BCUT2D eigenvalue weighted by Crippen LogP contribution is -2.67. The third-order valence-corrected chi connectivity index (χ3v) is 8.97. The Morgan fingerprint density at radius 1 is 1.02 bits per heavy atom. The van der Waals surface area contributed by atoms with Crippen molar-refractivity contribution in [2.24, 2.45) is 0 Å². The van der Waals surface area contributed by atoms with Crippen molar-refractivity contribution < 1.29 is 58.9 Å². The van der Waals surface area contributed by atoms with Gasteiger partial charge in [-0.15, -0.1) is 0 Å². The summed E-state index contributed by atoms with van der Waals surface area (Å²) in [6.45, 7) is 4.83. The van der Waals surface area contributed by atoms with Crippen molar-refractivity contribution in [3.63, 3.8) is 0 Å². The molecule has 5 N–H and O–H groups in total. The van der Waals surface area contributed by atoms with E-state index in [1.807, 2.05) is 0 Å². The zero-order chi connectivity index (χ0) is 28.8. The van der Waals surface area contributed by atoms with Crippen LogP contribution in [0.4, 0.5) is 0 Å². The van der Waals surface area contributed by atoms with Crippen molar-refractivity contribution in [2.45, 2.75) is 107 Å². The van der Waals surface area contributed by atoms with Crippen LogP contribution in [0, 0.1) is 0 Å². The number of hydrogen-bond donors (Lipinski definition) is 5. The Labute approximate surface area is 229 Å². The van der Waals surface area contributed by atoms with Crippen LogP contribution in [-0.2, 0) is 30.2 Å². The molecule has 2 aliphatic carbocycles. The summed E-state index contributed by atoms with van der Waals surface area (Å²) in [5, 5.41) is 53.9. The van der Waals surface area contributed by atoms with E-state index in [1.165, 1.54) is 0 Å². The van der Waals surface area contributed by atoms with Gasteiger partial charge in [0.2, 0.25) is 0 Å². The quantitative estimate of drug-likeness (QED) is 0.334. The molecule has 1 aromatic carbocycles. The summed E-state index contributed by atoms with van der Waals surface area (Å²) < 4.78 is 23.6. The SMILES string of the molecule is CC1OC2CC(O[C@H]3CC[C@H](O)[C@H](C)O3)C1(O)C1=C2C(=O)c2c(O)c3c(c(O)c2C1=O)[C@@H](C)O[C@H](CC(=O)O)C3. The monoisotopic (exact) mass is 560 g/mol. The van der Waals surface area contributed by atoms with E-state index in [-0.39, 0.29) is 41.5 Å². The minimum atomic E-state index is -2.07. The lowest BCUT2D eigenvalue weighted by molar-refractivity contribution is -0.291. The number of phenolic OH excluding ortho intramolecular Hbond substituents is 2. The first-order valence-corrected chi connectivity index (χ1v) is 13.5. The van der Waals surface area contributed by atoms with Crippen molar-refractivity contribution in [3.8, 4) is 11.5 Å². The Morgan fingerprint density at radius 2 is 1.73 bits per heavy atom. The fraction of sp³-hybridized carbons (Fsp3) is 0.607. The molecule has 12 nitrogen and oxygen atoms in total. The maximum Gasteiger partial charge on any atom is 0.305 e. The number of carbonyl (C=O) groups is 3. The van der Waals surface area contributed by atoms with Crippen LogP contribution in [-0.4, -0.2) is 91.6 Å². The van der Waals surface area contributed by atoms with Gasteiger partial charge in [-0.2, -0.15) is 0 Å². The van der Waals surface area contributed by atoms with E-state index in [9.17, 15) is 39.9 Å². The Morgan fingerprint density at radius 3 is 2.40 bits per heavy atom. The van der Waals surface area contributed by atoms with Gasteiger partial charge < -0.3 is 44.5 Å². The second-order valence-electron chi connectivity index (χ2n) is 11.4. The van der Waals surface area contributed by atoms with E-state index in [0.29, 0.717) is 12.8 Å². The standard InChI is InChI=1S/C28H32O12/c1-9-14(29)4-5-18(38-9)40-16-8-15-20-23(28(16,36)11(3)39-15)27(35)22-21(26(20)34)24(32)13-6-12(7-17(30)31)37-10(2)19(13)25(22)33/h9-12,14-16,18,29,32-33,36H,4-8H2,1-3H3,(H,30,31)/t9-,10+,11?,12-,14-,15?,16?,18-,28?/m0/s1. The first kappa shape index (κ1) is 27.3. The Bertz CT molecular complexity index is 1350. The van der Waals surface area contributed by atoms with Gasteiger partial charge in [0.25, 0.3) is 0 Å². The summed E-state index contributed by atoms with van der Waals surface area (Å²) in [5.41, 5.74) is -3.00. The van der Waals surface area contributed by atoms with E-state index < -0.39 is 94.8 Å². The van der Waals surface area contributed by atoms with E-state index in [2.05, 4.69) is 0 Å². The smallest absolute Gasteiger partial charge is 0.305 e. The van der Waals surface area contributed by atoms with Crippen LogP contribution >= 0.6 is 0 Å². The number of rotatable bonds is 4. The second-order valence-corrected chi connectivity index (χ2v) is 11.4. The number of aliphatic hydroxyl groups excluding tert-OH is 1. The number of aliphatic carboxylic acids is 1. The number of aromatic hydroxyl groups is 2. The summed E-state index contributed by atoms with van der Waals surface area (Å²) in [6.07, 6.45) is -6.08. The van der Waals surface area contributed by atoms with Gasteiger partial charge in [-0.1, -0.05) is 0 Å². The highest BCUT2D eigenvalue weighted by atomic mass is 16.7. The van der Waals surface area contributed by atoms with Gasteiger partial charge >= 0.3 is 5.97 Å². The topological polar surface area (TPSA) is 189 Å². The van der Waals surface area contributed by atoms with Gasteiger partial charge in [0.1, 0.15) is 17.1 Å². The second kappa shape index (κ2) is 9.33. The van der Waals surface area contributed by atoms with Crippen LogP contribution in [0.2, 0.25) is 0 Å². The number of Topliss-reactive ketones (excluding diaryl/α,β-unsaturated/α-hetero) is 2.